The highest BCUT2D eigenvalue weighted by atomic mass is 16.5. The standard InChI is InChI=1S/C17H34N2O2/c1-15(2,3)19-10-8-18(9-11-19)12-13-14(20)17(6,7)21-16(13,4)5/h13-14,20H,8-12H2,1-7H3. The Hall–Kier alpha value is -0.160. The lowest BCUT2D eigenvalue weighted by Crippen LogP contribution is -2.55. The van der Waals surface area contributed by atoms with Gasteiger partial charge in [-0.15, -0.1) is 0 Å². The van der Waals surface area contributed by atoms with E-state index in [2.05, 4.69) is 44.4 Å². The predicted molar refractivity (Wildman–Crippen MR) is 86.5 cm³/mol. The minimum absolute atomic E-state index is 0.175. The fraction of sp³-hybridized carbons (Fsp3) is 1.00. The normalized spacial score (nSPS) is 34.3. The summed E-state index contributed by atoms with van der Waals surface area (Å²) in [4.78, 5) is 5.03. The summed E-state index contributed by atoms with van der Waals surface area (Å²) < 4.78 is 6.09. The van der Waals surface area contributed by atoms with E-state index in [0.717, 1.165) is 32.7 Å². The average Bonchev–Trinajstić information content (AvgIpc) is 2.47. The molecule has 0 aliphatic carbocycles. The van der Waals surface area contributed by atoms with Crippen molar-refractivity contribution >= 4 is 0 Å². The van der Waals surface area contributed by atoms with Gasteiger partial charge in [-0.1, -0.05) is 0 Å². The van der Waals surface area contributed by atoms with E-state index in [-0.39, 0.29) is 17.1 Å². The summed E-state index contributed by atoms with van der Waals surface area (Å²) in [5.74, 6) is 0.175. The first-order chi connectivity index (χ1) is 9.43. The molecule has 2 fully saturated rings. The van der Waals surface area contributed by atoms with Crippen LogP contribution in [-0.2, 0) is 4.74 Å². The number of aliphatic hydroxyl groups excluding tert-OH is 1. The lowest BCUT2D eigenvalue weighted by Gasteiger charge is -2.43. The second-order valence-corrected chi connectivity index (χ2v) is 8.82. The van der Waals surface area contributed by atoms with Crippen LogP contribution in [0, 0.1) is 5.92 Å². The van der Waals surface area contributed by atoms with Gasteiger partial charge >= 0.3 is 0 Å². The van der Waals surface area contributed by atoms with E-state index >= 15 is 0 Å². The molecule has 2 saturated heterocycles. The van der Waals surface area contributed by atoms with Crippen molar-refractivity contribution in [3.63, 3.8) is 0 Å². The molecular formula is C17H34N2O2. The third-order valence-corrected chi connectivity index (χ3v) is 5.29. The maximum absolute atomic E-state index is 10.6. The molecule has 0 radical (unpaired) electrons. The molecule has 2 aliphatic heterocycles. The zero-order valence-electron chi connectivity index (χ0n) is 14.9. The van der Waals surface area contributed by atoms with Gasteiger partial charge in [-0.3, -0.25) is 4.90 Å². The Bertz CT molecular complexity index is 365. The van der Waals surface area contributed by atoms with E-state index < -0.39 is 11.7 Å². The van der Waals surface area contributed by atoms with Crippen LogP contribution in [0.2, 0.25) is 0 Å². The number of ether oxygens (including phenoxy) is 1. The van der Waals surface area contributed by atoms with Gasteiger partial charge in [0.1, 0.15) is 0 Å². The van der Waals surface area contributed by atoms with Crippen molar-refractivity contribution < 1.29 is 9.84 Å². The van der Waals surface area contributed by atoms with E-state index in [1.165, 1.54) is 0 Å². The molecule has 1 N–H and O–H groups in total. The molecule has 124 valence electrons. The molecule has 2 heterocycles. The Morgan fingerprint density at radius 3 is 1.90 bits per heavy atom. The molecule has 0 saturated carbocycles. The van der Waals surface area contributed by atoms with Crippen LogP contribution in [-0.4, -0.2) is 70.5 Å². The number of nitrogens with zero attached hydrogens (tertiary/aromatic N) is 2. The predicted octanol–water partition coefficient (Wildman–Crippen LogP) is 1.97. The number of piperazine rings is 1. The highest BCUT2D eigenvalue weighted by Gasteiger charge is 2.53. The molecule has 0 aromatic heterocycles. The summed E-state index contributed by atoms with van der Waals surface area (Å²) in [6.07, 6.45) is -0.395. The smallest absolute Gasteiger partial charge is 0.0896 e. The Morgan fingerprint density at radius 1 is 1.00 bits per heavy atom. The lowest BCUT2D eigenvalue weighted by molar-refractivity contribution is -0.0916. The van der Waals surface area contributed by atoms with Gasteiger partial charge < -0.3 is 14.7 Å². The van der Waals surface area contributed by atoms with Crippen molar-refractivity contribution in [2.75, 3.05) is 32.7 Å². The van der Waals surface area contributed by atoms with E-state index in [1.54, 1.807) is 0 Å². The highest BCUT2D eigenvalue weighted by Crippen LogP contribution is 2.42. The van der Waals surface area contributed by atoms with Crippen LogP contribution in [0.15, 0.2) is 0 Å². The molecule has 2 unspecified atom stereocenters. The van der Waals surface area contributed by atoms with Crippen molar-refractivity contribution in [1.82, 2.24) is 9.80 Å². The SMILES string of the molecule is CC1(C)OC(C)(C)C(CN2CCN(C(C)(C)C)CC2)C1O. The second-order valence-electron chi connectivity index (χ2n) is 8.82. The first-order valence-corrected chi connectivity index (χ1v) is 8.29. The van der Waals surface area contributed by atoms with Crippen LogP contribution in [0.3, 0.4) is 0 Å². The molecule has 4 nitrogen and oxygen atoms in total. The molecule has 0 spiro atoms. The van der Waals surface area contributed by atoms with Gasteiger partial charge in [0.15, 0.2) is 0 Å². The lowest BCUT2D eigenvalue weighted by atomic mass is 9.84. The van der Waals surface area contributed by atoms with Crippen LogP contribution >= 0.6 is 0 Å². The molecule has 21 heavy (non-hydrogen) atoms. The Kier molecular flexibility index (Phi) is 4.49. The molecule has 2 rings (SSSR count). The number of rotatable bonds is 2. The van der Waals surface area contributed by atoms with Crippen LogP contribution in [0.25, 0.3) is 0 Å². The first-order valence-electron chi connectivity index (χ1n) is 8.29. The van der Waals surface area contributed by atoms with Crippen LogP contribution in [0.5, 0.6) is 0 Å². The van der Waals surface area contributed by atoms with Crippen LogP contribution in [0.1, 0.15) is 48.5 Å². The summed E-state index contributed by atoms with van der Waals surface area (Å²) in [6, 6.07) is 0. The van der Waals surface area contributed by atoms with E-state index in [4.69, 9.17) is 4.74 Å². The van der Waals surface area contributed by atoms with Crippen molar-refractivity contribution in [2.45, 2.75) is 71.3 Å². The fourth-order valence-corrected chi connectivity index (χ4v) is 3.88. The first kappa shape index (κ1) is 17.2. The number of hydrogen-bond donors (Lipinski definition) is 1. The van der Waals surface area contributed by atoms with Gasteiger partial charge in [0.2, 0.25) is 0 Å². The maximum Gasteiger partial charge on any atom is 0.0896 e. The van der Waals surface area contributed by atoms with E-state index in [0.29, 0.717) is 0 Å². The quantitative estimate of drug-likeness (QED) is 0.845. The zero-order chi connectivity index (χ0) is 16.1. The largest absolute Gasteiger partial charge is 0.390 e. The summed E-state index contributed by atoms with van der Waals surface area (Å²) in [6.45, 7) is 20.4. The van der Waals surface area contributed by atoms with Gasteiger partial charge in [-0.05, 0) is 48.5 Å². The van der Waals surface area contributed by atoms with Crippen molar-refractivity contribution in [3.8, 4) is 0 Å². The van der Waals surface area contributed by atoms with E-state index in [9.17, 15) is 5.11 Å². The molecule has 4 heteroatoms. The molecular weight excluding hydrogens is 264 g/mol. The zero-order valence-corrected chi connectivity index (χ0v) is 14.9. The van der Waals surface area contributed by atoms with Crippen molar-refractivity contribution in [1.29, 1.82) is 0 Å². The van der Waals surface area contributed by atoms with Gasteiger partial charge in [0.05, 0.1) is 17.3 Å². The van der Waals surface area contributed by atoms with E-state index in [1.807, 2.05) is 13.8 Å². The van der Waals surface area contributed by atoms with Crippen LogP contribution < -0.4 is 0 Å². The minimum atomic E-state index is -0.443. The highest BCUT2D eigenvalue weighted by molar-refractivity contribution is 5.02. The minimum Gasteiger partial charge on any atom is -0.390 e. The molecule has 2 aliphatic rings. The molecule has 0 amide bonds. The summed E-state index contributed by atoms with van der Waals surface area (Å²) >= 11 is 0. The third kappa shape index (κ3) is 3.61. The molecule has 0 aromatic rings. The van der Waals surface area contributed by atoms with Gasteiger partial charge in [0.25, 0.3) is 0 Å². The summed E-state index contributed by atoms with van der Waals surface area (Å²) in [5, 5.41) is 10.6. The third-order valence-electron chi connectivity index (χ3n) is 5.29. The Balaban J connectivity index is 1.94. The number of aliphatic hydroxyl groups is 1. The van der Waals surface area contributed by atoms with Gasteiger partial charge in [-0.2, -0.15) is 0 Å². The topological polar surface area (TPSA) is 35.9 Å². The van der Waals surface area contributed by atoms with Gasteiger partial charge in [-0.25, -0.2) is 0 Å². The van der Waals surface area contributed by atoms with Crippen molar-refractivity contribution in [2.24, 2.45) is 5.92 Å². The maximum atomic E-state index is 10.6. The fourth-order valence-electron chi connectivity index (χ4n) is 3.88. The van der Waals surface area contributed by atoms with Gasteiger partial charge in [0, 0.05) is 44.2 Å². The molecule has 2 atom stereocenters. The molecule has 0 aromatic carbocycles. The second kappa shape index (κ2) is 5.48. The average molecular weight is 298 g/mol. The monoisotopic (exact) mass is 298 g/mol. The number of hydrogen-bond acceptors (Lipinski definition) is 4. The van der Waals surface area contributed by atoms with Crippen molar-refractivity contribution in [3.05, 3.63) is 0 Å². The Labute approximate surface area is 130 Å². The van der Waals surface area contributed by atoms with Crippen LogP contribution in [0.4, 0.5) is 0 Å². The summed E-state index contributed by atoms with van der Waals surface area (Å²) in [5.41, 5.74) is -0.450. The summed E-state index contributed by atoms with van der Waals surface area (Å²) in [7, 11) is 0. The molecule has 0 bridgehead atoms. The Morgan fingerprint density at radius 2 is 1.52 bits per heavy atom.